The van der Waals surface area contributed by atoms with Crippen LogP contribution < -0.4 is 0 Å². The summed E-state index contributed by atoms with van der Waals surface area (Å²) >= 11 is 0. The first-order valence-electron chi connectivity index (χ1n) is 19.6. The van der Waals surface area contributed by atoms with E-state index in [9.17, 15) is 0 Å². The maximum Gasteiger partial charge on any atom is 0.160 e. The Labute approximate surface area is 335 Å². The van der Waals surface area contributed by atoms with Crippen LogP contribution in [0.2, 0.25) is 0 Å². The lowest BCUT2D eigenvalue weighted by atomic mass is 9.96. The molecule has 0 amide bonds. The number of para-hydroxylation sites is 2. The van der Waals surface area contributed by atoms with E-state index in [1.54, 1.807) is 0 Å². The van der Waals surface area contributed by atoms with Crippen LogP contribution in [-0.4, -0.2) is 14.5 Å². The van der Waals surface area contributed by atoms with E-state index in [1.807, 2.05) is 43.4 Å². The molecular weight excluding hydrogens is 707 g/mol. The fraction of sp³-hybridized carbons (Fsp3) is 0.0370. The first-order valence-corrected chi connectivity index (χ1v) is 19.6. The van der Waals surface area contributed by atoms with Crippen molar-refractivity contribution in [2.24, 2.45) is 0 Å². The molecule has 0 saturated heterocycles. The molecule has 4 nitrogen and oxygen atoms in total. The van der Waals surface area contributed by atoms with Gasteiger partial charge in [-0.3, -0.25) is 0 Å². The Bertz CT molecular complexity index is 3490. The summed E-state index contributed by atoms with van der Waals surface area (Å²) < 4.78 is 8.95. The molecule has 4 heteroatoms. The fourth-order valence-electron chi connectivity index (χ4n) is 8.83. The number of fused-ring (bicyclic) bond motifs is 9. The van der Waals surface area contributed by atoms with Crippen molar-refractivity contribution >= 4 is 71.0 Å². The largest absolute Gasteiger partial charge is 0.456 e. The predicted molar refractivity (Wildman–Crippen MR) is 242 cm³/mol. The van der Waals surface area contributed by atoms with E-state index in [2.05, 4.69) is 150 Å². The molecule has 3 aromatic heterocycles. The molecule has 0 N–H and O–H groups in total. The van der Waals surface area contributed by atoms with E-state index in [-0.39, 0.29) is 0 Å². The van der Waals surface area contributed by atoms with Crippen molar-refractivity contribution in [3.63, 3.8) is 0 Å². The molecule has 0 aliphatic heterocycles. The molecule has 0 bridgehead atoms. The van der Waals surface area contributed by atoms with Gasteiger partial charge < -0.3 is 8.98 Å². The van der Waals surface area contributed by atoms with E-state index >= 15 is 0 Å². The van der Waals surface area contributed by atoms with Gasteiger partial charge in [0.1, 0.15) is 11.2 Å². The van der Waals surface area contributed by atoms with E-state index in [4.69, 9.17) is 20.8 Å². The first kappa shape index (κ1) is 33.6. The van der Waals surface area contributed by atoms with Gasteiger partial charge in [0.15, 0.2) is 5.82 Å². The molecule has 0 unspecified atom stereocenters. The standard InChI is InChI=1S/C54H35N3O/c1-3-5-15-34(4-2)39-21-13-22-41(39)54-55-46-24-12-11-20-42(46)53(56-54)43-23-14-25-50-52(43)45-33-37(28-31-49(45)58-50)36-27-29-47-44(32-36)51-40-19-10-9-16-35(40)26-30-48(51)57(47)38-17-7-6-8-18-38/h2-3,5-20,22-33H,21H2,1H3/b5-3-,34-15+. The van der Waals surface area contributed by atoms with Crippen molar-refractivity contribution in [1.82, 2.24) is 14.5 Å². The quantitative estimate of drug-likeness (QED) is 0.126. The number of terminal acetylenes is 1. The van der Waals surface area contributed by atoms with Crippen molar-refractivity contribution in [2.75, 3.05) is 0 Å². The highest BCUT2D eigenvalue weighted by Crippen LogP contribution is 2.43. The summed E-state index contributed by atoms with van der Waals surface area (Å²) in [4.78, 5) is 10.5. The molecule has 0 atom stereocenters. The summed E-state index contributed by atoms with van der Waals surface area (Å²) in [7, 11) is 0. The number of hydrogen-bond acceptors (Lipinski definition) is 3. The maximum absolute atomic E-state index is 6.57. The Morgan fingerprint density at radius 3 is 2.33 bits per heavy atom. The second kappa shape index (κ2) is 13.5. The number of rotatable bonds is 6. The lowest BCUT2D eigenvalue weighted by Crippen LogP contribution is -1.99. The number of allylic oxidation sites excluding steroid dienone is 8. The summed E-state index contributed by atoms with van der Waals surface area (Å²) in [5, 5.41) is 7.98. The summed E-state index contributed by atoms with van der Waals surface area (Å²) in [6.07, 6.45) is 16.9. The minimum absolute atomic E-state index is 0.653. The highest BCUT2D eigenvalue weighted by atomic mass is 16.3. The fourth-order valence-corrected chi connectivity index (χ4v) is 8.83. The zero-order valence-corrected chi connectivity index (χ0v) is 31.8. The van der Waals surface area contributed by atoms with Crippen LogP contribution in [0.15, 0.2) is 192 Å². The van der Waals surface area contributed by atoms with Crippen LogP contribution >= 0.6 is 0 Å². The van der Waals surface area contributed by atoms with Crippen molar-refractivity contribution in [1.29, 1.82) is 0 Å². The van der Waals surface area contributed by atoms with Gasteiger partial charge in [-0.05, 0) is 101 Å². The monoisotopic (exact) mass is 741 g/mol. The number of aromatic nitrogens is 3. The third-order valence-electron chi connectivity index (χ3n) is 11.5. The third kappa shape index (κ3) is 5.25. The minimum Gasteiger partial charge on any atom is -0.456 e. The van der Waals surface area contributed by atoms with Crippen LogP contribution in [0.5, 0.6) is 0 Å². The predicted octanol–water partition coefficient (Wildman–Crippen LogP) is 14.0. The topological polar surface area (TPSA) is 43.9 Å². The van der Waals surface area contributed by atoms with Crippen LogP contribution in [0.25, 0.3) is 99.1 Å². The molecule has 272 valence electrons. The van der Waals surface area contributed by atoms with Gasteiger partial charge in [0.05, 0.1) is 22.2 Å². The van der Waals surface area contributed by atoms with Crippen LogP contribution in [0, 0.1) is 12.3 Å². The highest BCUT2D eigenvalue weighted by Gasteiger charge is 2.22. The van der Waals surface area contributed by atoms with Gasteiger partial charge >= 0.3 is 0 Å². The summed E-state index contributed by atoms with van der Waals surface area (Å²) in [6, 6.07) is 51.7. The molecular formula is C54H35N3O. The number of benzene rings is 7. The normalized spacial score (nSPS) is 13.4. The zero-order valence-electron chi connectivity index (χ0n) is 31.8. The van der Waals surface area contributed by atoms with E-state index < -0.39 is 0 Å². The van der Waals surface area contributed by atoms with Gasteiger partial charge in [-0.1, -0.05) is 121 Å². The zero-order chi connectivity index (χ0) is 38.7. The third-order valence-corrected chi connectivity index (χ3v) is 11.5. The molecule has 0 fully saturated rings. The first-order chi connectivity index (χ1) is 28.7. The SMILES string of the molecule is C#C/C(=C\C=C/C)C1=C(c2nc(-c3cccc4oc5ccc(-c6ccc7c(c6)c6c8ccccc8ccc6n7-c6ccccc6)cc5c34)c3ccccc3n2)C=CC1. The van der Waals surface area contributed by atoms with Gasteiger partial charge in [0.2, 0.25) is 0 Å². The van der Waals surface area contributed by atoms with Crippen LogP contribution in [-0.2, 0) is 0 Å². The Balaban J connectivity index is 1.12. The van der Waals surface area contributed by atoms with Crippen LogP contribution in [0.4, 0.5) is 0 Å². The van der Waals surface area contributed by atoms with Gasteiger partial charge in [-0.15, -0.1) is 6.42 Å². The lowest BCUT2D eigenvalue weighted by Gasteiger charge is -2.12. The van der Waals surface area contributed by atoms with Gasteiger partial charge in [0, 0.05) is 49.3 Å². The molecule has 10 aromatic rings. The Morgan fingerprint density at radius 2 is 1.47 bits per heavy atom. The molecule has 1 aliphatic carbocycles. The molecule has 58 heavy (non-hydrogen) atoms. The van der Waals surface area contributed by atoms with Crippen LogP contribution in [0.3, 0.4) is 0 Å². The summed E-state index contributed by atoms with van der Waals surface area (Å²) in [5.74, 6) is 3.55. The van der Waals surface area contributed by atoms with Crippen molar-refractivity contribution in [2.45, 2.75) is 13.3 Å². The molecule has 7 aromatic carbocycles. The van der Waals surface area contributed by atoms with Gasteiger partial charge in [-0.25, -0.2) is 9.97 Å². The molecule has 11 rings (SSSR count). The lowest BCUT2D eigenvalue weighted by molar-refractivity contribution is 0.669. The van der Waals surface area contributed by atoms with E-state index in [0.29, 0.717) is 5.82 Å². The molecule has 0 radical (unpaired) electrons. The number of furan rings is 1. The van der Waals surface area contributed by atoms with Crippen molar-refractivity contribution in [3.8, 4) is 40.4 Å². The summed E-state index contributed by atoms with van der Waals surface area (Å²) in [6.45, 7) is 1.99. The average Bonchev–Trinajstić information content (AvgIpc) is 4.01. The van der Waals surface area contributed by atoms with Gasteiger partial charge in [-0.2, -0.15) is 0 Å². The molecule has 0 saturated carbocycles. The van der Waals surface area contributed by atoms with E-state index in [0.717, 1.165) is 84.1 Å². The van der Waals surface area contributed by atoms with E-state index in [1.165, 1.54) is 32.6 Å². The van der Waals surface area contributed by atoms with Crippen molar-refractivity contribution in [3.05, 3.63) is 193 Å². The highest BCUT2D eigenvalue weighted by molar-refractivity contribution is 6.22. The molecule has 3 heterocycles. The number of nitrogens with zero attached hydrogens (tertiary/aromatic N) is 3. The summed E-state index contributed by atoms with van der Waals surface area (Å²) in [5.41, 5.74) is 12.9. The smallest absolute Gasteiger partial charge is 0.160 e. The van der Waals surface area contributed by atoms with Crippen LogP contribution in [0.1, 0.15) is 19.2 Å². The maximum atomic E-state index is 6.57. The van der Waals surface area contributed by atoms with Crippen molar-refractivity contribution < 1.29 is 4.42 Å². The molecule has 0 spiro atoms. The number of hydrogen-bond donors (Lipinski definition) is 0. The second-order valence-corrected chi connectivity index (χ2v) is 14.7. The van der Waals surface area contributed by atoms with Gasteiger partial charge in [0.25, 0.3) is 0 Å². The second-order valence-electron chi connectivity index (χ2n) is 14.7. The Kier molecular flexibility index (Phi) is 7.80. The average molecular weight is 742 g/mol. The molecule has 1 aliphatic rings. The minimum atomic E-state index is 0.653. The Morgan fingerprint density at radius 1 is 0.690 bits per heavy atom. The Hall–Kier alpha value is -7.74.